The van der Waals surface area contributed by atoms with Crippen molar-refractivity contribution in [1.29, 1.82) is 0 Å². The Kier molecular flexibility index (Phi) is 3.50. The zero-order valence-corrected chi connectivity index (χ0v) is 13.3. The fraction of sp³-hybridized carbons (Fsp3) is 0.368. The van der Waals surface area contributed by atoms with Crippen molar-refractivity contribution in [3.63, 3.8) is 0 Å². The highest BCUT2D eigenvalue weighted by Crippen LogP contribution is 2.33. The van der Waals surface area contributed by atoms with Crippen LogP contribution in [0, 0.1) is 27.7 Å². The van der Waals surface area contributed by atoms with Crippen molar-refractivity contribution < 1.29 is 4.74 Å². The third-order valence-corrected chi connectivity index (χ3v) is 4.81. The topological polar surface area (TPSA) is 35.2 Å². The van der Waals surface area contributed by atoms with Gasteiger partial charge in [-0.2, -0.15) is 0 Å². The molecule has 2 aromatic carbocycles. The van der Waals surface area contributed by atoms with Crippen molar-refractivity contribution in [2.75, 3.05) is 6.61 Å². The first-order chi connectivity index (χ1) is 9.99. The summed E-state index contributed by atoms with van der Waals surface area (Å²) in [4.78, 5) is 0. The minimum atomic E-state index is -0.0745. The van der Waals surface area contributed by atoms with Gasteiger partial charge in [-0.1, -0.05) is 18.2 Å². The van der Waals surface area contributed by atoms with Gasteiger partial charge in [-0.3, -0.25) is 0 Å². The Hall–Kier alpha value is -1.80. The van der Waals surface area contributed by atoms with E-state index in [0.717, 1.165) is 18.8 Å². The molecule has 0 amide bonds. The van der Waals surface area contributed by atoms with Crippen LogP contribution in [0.4, 0.5) is 0 Å². The molecule has 0 aliphatic carbocycles. The van der Waals surface area contributed by atoms with E-state index < -0.39 is 0 Å². The van der Waals surface area contributed by atoms with Gasteiger partial charge in [-0.15, -0.1) is 0 Å². The summed E-state index contributed by atoms with van der Waals surface area (Å²) >= 11 is 0. The zero-order valence-electron chi connectivity index (χ0n) is 13.3. The minimum Gasteiger partial charge on any atom is -0.493 e. The van der Waals surface area contributed by atoms with E-state index in [-0.39, 0.29) is 6.04 Å². The molecule has 1 heterocycles. The van der Waals surface area contributed by atoms with Gasteiger partial charge in [0.1, 0.15) is 5.75 Å². The number of benzene rings is 2. The molecular formula is C19H23NO. The van der Waals surface area contributed by atoms with E-state index in [0.29, 0.717) is 0 Å². The molecule has 0 bridgehead atoms. The molecule has 0 aromatic heterocycles. The number of nitrogens with two attached hydrogens (primary N) is 1. The minimum absolute atomic E-state index is 0.0745. The fourth-order valence-corrected chi connectivity index (χ4v) is 3.28. The largest absolute Gasteiger partial charge is 0.493 e. The molecule has 0 radical (unpaired) electrons. The Bertz CT molecular complexity index is 677. The van der Waals surface area contributed by atoms with E-state index in [1.54, 1.807) is 0 Å². The molecule has 21 heavy (non-hydrogen) atoms. The van der Waals surface area contributed by atoms with Crippen LogP contribution in [-0.4, -0.2) is 6.61 Å². The quantitative estimate of drug-likeness (QED) is 0.906. The Morgan fingerprint density at radius 1 is 1.00 bits per heavy atom. The standard InChI is InChI=1S/C19H23NO/c1-11-9-12(2)14(4)18(13(11)3)19(20)16-5-6-17-15(10-16)7-8-21-17/h5-6,9-10,19H,7-8,20H2,1-4H3. The van der Waals surface area contributed by atoms with Crippen LogP contribution in [0.3, 0.4) is 0 Å². The molecule has 2 N–H and O–H groups in total. The molecule has 1 atom stereocenters. The van der Waals surface area contributed by atoms with E-state index in [2.05, 4.69) is 52.0 Å². The summed E-state index contributed by atoms with van der Waals surface area (Å²) in [7, 11) is 0. The van der Waals surface area contributed by atoms with Crippen LogP contribution in [0.5, 0.6) is 5.75 Å². The van der Waals surface area contributed by atoms with Gasteiger partial charge >= 0.3 is 0 Å². The predicted octanol–water partition coefficient (Wildman–Crippen LogP) is 3.90. The average molecular weight is 281 g/mol. The maximum absolute atomic E-state index is 6.61. The molecule has 1 aliphatic heterocycles. The van der Waals surface area contributed by atoms with E-state index in [1.165, 1.54) is 38.9 Å². The van der Waals surface area contributed by atoms with E-state index in [1.807, 2.05) is 0 Å². The molecule has 0 fully saturated rings. The average Bonchev–Trinajstić information content (AvgIpc) is 2.92. The summed E-state index contributed by atoms with van der Waals surface area (Å²) in [5.41, 5.74) is 15.6. The number of hydrogen-bond donors (Lipinski definition) is 1. The number of rotatable bonds is 2. The Balaban J connectivity index is 2.09. The molecule has 0 spiro atoms. The number of hydrogen-bond acceptors (Lipinski definition) is 2. The Morgan fingerprint density at radius 3 is 2.33 bits per heavy atom. The van der Waals surface area contributed by atoms with Crippen molar-refractivity contribution >= 4 is 0 Å². The lowest BCUT2D eigenvalue weighted by Crippen LogP contribution is -2.16. The molecule has 0 saturated heterocycles. The number of ether oxygens (including phenoxy) is 1. The number of fused-ring (bicyclic) bond motifs is 1. The molecular weight excluding hydrogens is 258 g/mol. The predicted molar refractivity (Wildman–Crippen MR) is 87.1 cm³/mol. The lowest BCUT2D eigenvalue weighted by Gasteiger charge is -2.22. The molecule has 3 rings (SSSR count). The van der Waals surface area contributed by atoms with Crippen LogP contribution in [0.2, 0.25) is 0 Å². The van der Waals surface area contributed by atoms with Crippen molar-refractivity contribution in [3.8, 4) is 5.75 Å². The molecule has 2 aromatic rings. The monoisotopic (exact) mass is 281 g/mol. The lowest BCUT2D eigenvalue weighted by atomic mass is 9.87. The molecule has 2 heteroatoms. The first-order valence-electron chi connectivity index (χ1n) is 7.57. The van der Waals surface area contributed by atoms with Crippen molar-refractivity contribution in [2.24, 2.45) is 5.73 Å². The van der Waals surface area contributed by atoms with E-state index in [4.69, 9.17) is 10.5 Å². The van der Waals surface area contributed by atoms with Crippen molar-refractivity contribution in [3.05, 3.63) is 63.2 Å². The maximum atomic E-state index is 6.61. The summed E-state index contributed by atoms with van der Waals surface area (Å²) in [6.07, 6.45) is 0.987. The summed E-state index contributed by atoms with van der Waals surface area (Å²) in [6, 6.07) is 8.55. The van der Waals surface area contributed by atoms with Gasteiger partial charge in [0, 0.05) is 6.42 Å². The van der Waals surface area contributed by atoms with Gasteiger partial charge in [0.2, 0.25) is 0 Å². The van der Waals surface area contributed by atoms with Gasteiger partial charge in [0.05, 0.1) is 12.6 Å². The Labute approximate surface area is 126 Å². The lowest BCUT2D eigenvalue weighted by molar-refractivity contribution is 0.357. The third kappa shape index (κ3) is 2.34. The highest BCUT2D eigenvalue weighted by Gasteiger charge is 2.19. The van der Waals surface area contributed by atoms with Gasteiger partial charge < -0.3 is 10.5 Å². The first kappa shape index (κ1) is 14.2. The second kappa shape index (κ2) is 5.19. The van der Waals surface area contributed by atoms with Gasteiger partial charge in [0.25, 0.3) is 0 Å². The van der Waals surface area contributed by atoms with Crippen LogP contribution in [0.25, 0.3) is 0 Å². The van der Waals surface area contributed by atoms with E-state index in [9.17, 15) is 0 Å². The normalized spacial score (nSPS) is 14.7. The fourth-order valence-electron chi connectivity index (χ4n) is 3.28. The van der Waals surface area contributed by atoms with E-state index >= 15 is 0 Å². The van der Waals surface area contributed by atoms with Crippen LogP contribution in [-0.2, 0) is 6.42 Å². The van der Waals surface area contributed by atoms with Crippen LogP contribution in [0.1, 0.15) is 45.0 Å². The maximum Gasteiger partial charge on any atom is 0.122 e. The van der Waals surface area contributed by atoms with Gasteiger partial charge in [-0.05, 0) is 72.7 Å². The van der Waals surface area contributed by atoms with Crippen molar-refractivity contribution in [1.82, 2.24) is 0 Å². The molecule has 0 saturated carbocycles. The van der Waals surface area contributed by atoms with Crippen LogP contribution < -0.4 is 10.5 Å². The highest BCUT2D eigenvalue weighted by atomic mass is 16.5. The Morgan fingerprint density at radius 2 is 1.67 bits per heavy atom. The smallest absolute Gasteiger partial charge is 0.122 e. The summed E-state index contributed by atoms with van der Waals surface area (Å²) in [5, 5.41) is 0. The molecule has 1 aliphatic rings. The van der Waals surface area contributed by atoms with Crippen molar-refractivity contribution in [2.45, 2.75) is 40.2 Å². The zero-order chi connectivity index (χ0) is 15.1. The van der Waals surface area contributed by atoms with Gasteiger partial charge in [0.15, 0.2) is 0 Å². The van der Waals surface area contributed by atoms with Crippen LogP contribution >= 0.6 is 0 Å². The number of aryl methyl sites for hydroxylation is 2. The summed E-state index contributed by atoms with van der Waals surface area (Å²) < 4.78 is 5.58. The summed E-state index contributed by atoms with van der Waals surface area (Å²) in [5.74, 6) is 1.01. The molecule has 1 unspecified atom stereocenters. The van der Waals surface area contributed by atoms with Crippen LogP contribution in [0.15, 0.2) is 24.3 Å². The SMILES string of the molecule is Cc1cc(C)c(C)c(C(N)c2ccc3c(c2)CCO3)c1C. The second-order valence-corrected chi connectivity index (χ2v) is 6.12. The highest BCUT2D eigenvalue weighted by molar-refractivity contribution is 5.50. The first-order valence-corrected chi connectivity index (χ1v) is 7.57. The molecule has 2 nitrogen and oxygen atoms in total. The summed E-state index contributed by atoms with van der Waals surface area (Å²) in [6.45, 7) is 9.46. The van der Waals surface area contributed by atoms with Gasteiger partial charge in [-0.25, -0.2) is 0 Å². The molecule has 110 valence electrons. The second-order valence-electron chi connectivity index (χ2n) is 6.12. The third-order valence-electron chi connectivity index (χ3n) is 4.81.